The summed E-state index contributed by atoms with van der Waals surface area (Å²) in [6, 6.07) is 15.2. The van der Waals surface area contributed by atoms with E-state index in [0.717, 1.165) is 22.3 Å². The summed E-state index contributed by atoms with van der Waals surface area (Å²) < 4.78 is 0. The van der Waals surface area contributed by atoms with Crippen LogP contribution in [0.4, 0.5) is 17.1 Å². The Labute approximate surface area is 202 Å². The van der Waals surface area contributed by atoms with Crippen molar-refractivity contribution >= 4 is 40.5 Å². The number of anilines is 2. The van der Waals surface area contributed by atoms with Crippen LogP contribution >= 0.6 is 11.6 Å². The molecule has 3 N–H and O–H groups in total. The van der Waals surface area contributed by atoms with Gasteiger partial charge in [0.15, 0.2) is 0 Å². The molecule has 0 bridgehead atoms. The van der Waals surface area contributed by atoms with Crippen LogP contribution in [0.2, 0.25) is 5.02 Å². The lowest BCUT2D eigenvalue weighted by molar-refractivity contribution is -0.384. The molecule has 0 unspecified atom stereocenters. The van der Waals surface area contributed by atoms with Gasteiger partial charge in [-0.15, -0.1) is 0 Å². The first-order valence-electron chi connectivity index (χ1n) is 10.6. The number of nitro groups is 1. The van der Waals surface area contributed by atoms with Gasteiger partial charge in [0.05, 0.1) is 11.5 Å². The molecule has 0 spiro atoms. The van der Waals surface area contributed by atoms with Crippen molar-refractivity contribution in [1.29, 1.82) is 0 Å². The monoisotopic (exact) mass is 480 g/mol. The Balaban J connectivity index is 1.65. The van der Waals surface area contributed by atoms with Crippen molar-refractivity contribution in [3.05, 3.63) is 97.6 Å². The highest BCUT2D eigenvalue weighted by atomic mass is 35.5. The number of aryl methyl sites for hydroxylation is 3. The number of nitrogens with one attached hydrogen (secondary N) is 3. The highest BCUT2D eigenvalue weighted by Crippen LogP contribution is 2.27. The van der Waals surface area contributed by atoms with Gasteiger partial charge in [-0.25, -0.2) is 0 Å². The lowest BCUT2D eigenvalue weighted by Crippen LogP contribution is -2.33. The largest absolute Gasteiger partial charge is 0.375 e. The van der Waals surface area contributed by atoms with Gasteiger partial charge < -0.3 is 16.0 Å². The fourth-order valence-electron chi connectivity index (χ4n) is 3.63. The van der Waals surface area contributed by atoms with E-state index >= 15 is 0 Å². The maximum absolute atomic E-state index is 12.5. The lowest BCUT2D eigenvalue weighted by Gasteiger charge is -2.13. The van der Waals surface area contributed by atoms with Gasteiger partial charge in [-0.05, 0) is 55.7 Å². The van der Waals surface area contributed by atoms with Crippen LogP contribution in [0, 0.1) is 30.9 Å². The SMILES string of the molecule is Cc1cc(C)c(NC(=O)CNC(=O)c2ccc(NCc3ccccc3Cl)c([N+](=O)[O-])c2)c(C)c1. The topological polar surface area (TPSA) is 113 Å². The van der Waals surface area contributed by atoms with Crippen molar-refractivity contribution in [2.24, 2.45) is 0 Å². The van der Waals surface area contributed by atoms with E-state index in [9.17, 15) is 19.7 Å². The Morgan fingerprint density at radius 1 is 1.00 bits per heavy atom. The van der Waals surface area contributed by atoms with Crippen molar-refractivity contribution in [3.8, 4) is 0 Å². The minimum atomic E-state index is -0.590. The van der Waals surface area contributed by atoms with Crippen LogP contribution in [0.3, 0.4) is 0 Å². The highest BCUT2D eigenvalue weighted by Gasteiger charge is 2.18. The van der Waals surface area contributed by atoms with Crippen LogP contribution < -0.4 is 16.0 Å². The minimum Gasteiger partial charge on any atom is -0.375 e. The number of rotatable bonds is 8. The standard InChI is InChI=1S/C25H25ClN4O4/c1-15-10-16(2)24(17(3)11-15)29-23(31)14-28-25(32)18-8-9-21(22(12-18)30(33)34)27-13-19-6-4-5-7-20(19)26/h4-12,27H,13-14H2,1-3H3,(H,28,32)(H,29,31). The number of nitro benzene ring substituents is 1. The van der Waals surface area contributed by atoms with Gasteiger partial charge in [0.25, 0.3) is 11.6 Å². The summed E-state index contributed by atoms with van der Waals surface area (Å²) in [5, 5.41) is 20.4. The summed E-state index contributed by atoms with van der Waals surface area (Å²) in [5.41, 5.74) is 4.50. The molecule has 0 saturated carbocycles. The molecule has 0 aromatic heterocycles. The first kappa shape index (κ1) is 24.7. The average molecular weight is 481 g/mol. The summed E-state index contributed by atoms with van der Waals surface area (Å²) in [6.07, 6.45) is 0. The first-order valence-corrected chi connectivity index (χ1v) is 10.9. The van der Waals surface area contributed by atoms with Gasteiger partial charge in [0.2, 0.25) is 5.91 Å². The van der Waals surface area contributed by atoms with E-state index in [4.69, 9.17) is 11.6 Å². The van der Waals surface area contributed by atoms with Gasteiger partial charge >= 0.3 is 0 Å². The predicted molar refractivity (Wildman–Crippen MR) is 133 cm³/mol. The molecule has 0 aliphatic rings. The molecule has 0 heterocycles. The van der Waals surface area contributed by atoms with Crippen molar-refractivity contribution < 1.29 is 14.5 Å². The highest BCUT2D eigenvalue weighted by molar-refractivity contribution is 6.31. The molecule has 3 aromatic rings. The van der Waals surface area contributed by atoms with Crippen LogP contribution in [0.5, 0.6) is 0 Å². The third-order valence-electron chi connectivity index (χ3n) is 5.23. The van der Waals surface area contributed by atoms with Crippen molar-refractivity contribution in [2.45, 2.75) is 27.3 Å². The second-order valence-electron chi connectivity index (χ2n) is 7.94. The maximum Gasteiger partial charge on any atom is 0.293 e. The molecule has 0 aliphatic heterocycles. The van der Waals surface area contributed by atoms with E-state index < -0.39 is 16.7 Å². The molecule has 3 rings (SSSR count). The maximum atomic E-state index is 12.5. The van der Waals surface area contributed by atoms with Crippen LogP contribution in [0.25, 0.3) is 0 Å². The normalized spacial score (nSPS) is 10.5. The Kier molecular flexibility index (Phi) is 7.86. The third kappa shape index (κ3) is 6.11. The summed E-state index contributed by atoms with van der Waals surface area (Å²) in [6.45, 7) is 5.78. The Hall–Kier alpha value is -3.91. The van der Waals surface area contributed by atoms with Crippen molar-refractivity contribution in [2.75, 3.05) is 17.2 Å². The molecule has 0 atom stereocenters. The molecule has 3 aromatic carbocycles. The van der Waals surface area contributed by atoms with E-state index in [1.807, 2.05) is 45.0 Å². The summed E-state index contributed by atoms with van der Waals surface area (Å²) in [5.74, 6) is -0.982. The second kappa shape index (κ2) is 10.8. The molecule has 2 amide bonds. The van der Waals surface area contributed by atoms with Crippen LogP contribution in [-0.2, 0) is 11.3 Å². The molecular formula is C25H25ClN4O4. The number of benzene rings is 3. The zero-order valence-corrected chi connectivity index (χ0v) is 19.8. The van der Waals surface area contributed by atoms with Gasteiger partial charge in [-0.2, -0.15) is 0 Å². The first-order chi connectivity index (χ1) is 16.2. The molecule has 0 saturated heterocycles. The Morgan fingerprint density at radius 2 is 1.68 bits per heavy atom. The number of nitrogens with zero attached hydrogens (tertiary/aromatic N) is 1. The Morgan fingerprint density at radius 3 is 2.32 bits per heavy atom. The molecule has 34 heavy (non-hydrogen) atoms. The number of hydrogen-bond acceptors (Lipinski definition) is 5. The van der Waals surface area contributed by atoms with E-state index in [-0.39, 0.29) is 30.0 Å². The number of halogens is 1. The molecule has 0 fully saturated rings. The number of carbonyl (C=O) groups is 2. The van der Waals surface area contributed by atoms with Gasteiger partial charge in [-0.1, -0.05) is 47.5 Å². The molecule has 0 aliphatic carbocycles. The quantitative estimate of drug-likeness (QED) is 0.304. The van der Waals surface area contributed by atoms with Gasteiger partial charge in [0, 0.05) is 28.9 Å². The third-order valence-corrected chi connectivity index (χ3v) is 5.60. The molecule has 176 valence electrons. The second-order valence-corrected chi connectivity index (χ2v) is 8.35. The van der Waals surface area contributed by atoms with Gasteiger partial charge in [0.1, 0.15) is 5.69 Å². The van der Waals surface area contributed by atoms with Crippen LogP contribution in [0.15, 0.2) is 54.6 Å². The number of hydrogen-bond donors (Lipinski definition) is 3. The fraction of sp³-hybridized carbons (Fsp3) is 0.200. The summed E-state index contributed by atoms with van der Waals surface area (Å²) in [7, 11) is 0. The Bertz CT molecular complexity index is 1240. The van der Waals surface area contributed by atoms with Crippen molar-refractivity contribution in [3.63, 3.8) is 0 Å². The zero-order valence-electron chi connectivity index (χ0n) is 19.1. The zero-order chi connectivity index (χ0) is 24.8. The van der Waals surface area contributed by atoms with E-state index in [1.165, 1.54) is 18.2 Å². The molecule has 0 radical (unpaired) electrons. The van der Waals surface area contributed by atoms with Crippen LogP contribution in [-0.4, -0.2) is 23.3 Å². The van der Waals surface area contributed by atoms with E-state index in [0.29, 0.717) is 10.7 Å². The van der Waals surface area contributed by atoms with E-state index in [2.05, 4.69) is 16.0 Å². The minimum absolute atomic E-state index is 0.0745. The van der Waals surface area contributed by atoms with E-state index in [1.54, 1.807) is 12.1 Å². The number of carbonyl (C=O) groups excluding carboxylic acids is 2. The summed E-state index contributed by atoms with van der Waals surface area (Å²) in [4.78, 5) is 35.9. The van der Waals surface area contributed by atoms with Gasteiger partial charge in [-0.3, -0.25) is 19.7 Å². The van der Waals surface area contributed by atoms with Crippen molar-refractivity contribution in [1.82, 2.24) is 5.32 Å². The average Bonchev–Trinajstić information content (AvgIpc) is 2.79. The fourth-order valence-corrected chi connectivity index (χ4v) is 3.83. The molecule has 8 nitrogen and oxygen atoms in total. The number of amides is 2. The predicted octanol–water partition coefficient (Wildman–Crippen LogP) is 5.15. The smallest absolute Gasteiger partial charge is 0.293 e. The molecule has 9 heteroatoms. The van der Waals surface area contributed by atoms with Crippen LogP contribution in [0.1, 0.15) is 32.6 Å². The lowest BCUT2D eigenvalue weighted by atomic mass is 10.1. The molecular weight excluding hydrogens is 456 g/mol. The summed E-state index contributed by atoms with van der Waals surface area (Å²) >= 11 is 6.14.